The SMILES string of the molecule is [C-]#[N+]/C(C#N)=C\c1ccc(-c2cc3sc4cc(N(c5ccc(C(C)(C)C)cc5)c5ccc(C(C)(C)C)cc5)ccc4c3o2)s1. The first-order valence-electron chi connectivity index (χ1n) is 14.5. The minimum atomic E-state index is 0.0740. The van der Waals surface area contributed by atoms with Gasteiger partial charge in [-0.25, -0.2) is 10.1 Å². The molecule has 6 heteroatoms. The fourth-order valence-corrected chi connectivity index (χ4v) is 7.25. The van der Waals surface area contributed by atoms with E-state index in [0.717, 1.165) is 52.9 Å². The van der Waals surface area contributed by atoms with E-state index in [2.05, 4.69) is 124 Å². The van der Waals surface area contributed by atoms with Crippen LogP contribution in [0.3, 0.4) is 0 Å². The lowest BCUT2D eigenvalue weighted by atomic mass is 9.86. The van der Waals surface area contributed by atoms with Gasteiger partial charge in [-0.2, -0.15) is 0 Å². The zero-order valence-corrected chi connectivity index (χ0v) is 27.4. The zero-order valence-electron chi connectivity index (χ0n) is 25.7. The largest absolute Gasteiger partial charge is 0.454 e. The Hall–Kier alpha value is -4.62. The molecule has 6 aromatic rings. The molecule has 4 nitrogen and oxygen atoms in total. The van der Waals surface area contributed by atoms with Crippen LogP contribution >= 0.6 is 22.7 Å². The molecule has 0 aliphatic rings. The van der Waals surface area contributed by atoms with Gasteiger partial charge in [0.15, 0.2) is 5.58 Å². The van der Waals surface area contributed by atoms with E-state index in [1.165, 1.54) is 22.5 Å². The molecule has 0 spiro atoms. The number of hydrogen-bond acceptors (Lipinski definition) is 5. The number of thiophene rings is 2. The topological polar surface area (TPSA) is 44.5 Å². The summed E-state index contributed by atoms with van der Waals surface area (Å²) in [5.41, 5.74) is 7.05. The van der Waals surface area contributed by atoms with Crippen LogP contribution in [0.1, 0.15) is 57.5 Å². The van der Waals surface area contributed by atoms with Crippen LogP contribution in [0, 0.1) is 17.9 Å². The van der Waals surface area contributed by atoms with Gasteiger partial charge in [-0.1, -0.05) is 65.8 Å². The first-order chi connectivity index (χ1) is 20.9. The Morgan fingerprint density at radius 3 is 1.91 bits per heavy atom. The number of rotatable bonds is 5. The monoisotopic (exact) mass is 611 g/mol. The summed E-state index contributed by atoms with van der Waals surface area (Å²) >= 11 is 3.23. The molecule has 3 heterocycles. The summed E-state index contributed by atoms with van der Waals surface area (Å²) in [5.74, 6) is 0.794. The minimum Gasteiger partial charge on any atom is -0.454 e. The van der Waals surface area contributed by atoms with Gasteiger partial charge in [0.25, 0.3) is 5.70 Å². The lowest BCUT2D eigenvalue weighted by Gasteiger charge is -2.28. The first-order valence-corrected chi connectivity index (χ1v) is 16.1. The average molecular weight is 612 g/mol. The van der Waals surface area contributed by atoms with Crippen LogP contribution in [0.5, 0.6) is 0 Å². The van der Waals surface area contributed by atoms with E-state index in [4.69, 9.17) is 16.3 Å². The highest BCUT2D eigenvalue weighted by atomic mass is 32.1. The van der Waals surface area contributed by atoms with E-state index >= 15 is 0 Å². The number of anilines is 3. The Morgan fingerprint density at radius 1 is 0.773 bits per heavy atom. The maximum absolute atomic E-state index is 9.09. The van der Waals surface area contributed by atoms with Crippen LogP contribution in [0.4, 0.5) is 17.1 Å². The van der Waals surface area contributed by atoms with Crippen LogP contribution in [-0.4, -0.2) is 0 Å². The average Bonchev–Trinajstić information content (AvgIpc) is 3.70. The van der Waals surface area contributed by atoms with E-state index in [-0.39, 0.29) is 16.5 Å². The third kappa shape index (κ3) is 5.67. The number of furan rings is 1. The summed E-state index contributed by atoms with van der Waals surface area (Å²) in [6.45, 7) is 20.6. The molecule has 0 unspecified atom stereocenters. The van der Waals surface area contributed by atoms with Crippen molar-refractivity contribution in [1.82, 2.24) is 0 Å². The molecule has 3 aromatic carbocycles. The minimum absolute atomic E-state index is 0.0740. The second kappa shape index (κ2) is 11.1. The molecule has 0 atom stereocenters. The van der Waals surface area contributed by atoms with Gasteiger partial charge < -0.3 is 9.32 Å². The van der Waals surface area contributed by atoms with E-state index in [1.807, 2.05) is 18.2 Å². The van der Waals surface area contributed by atoms with E-state index in [1.54, 1.807) is 17.4 Å². The smallest absolute Gasteiger partial charge is 0.263 e. The Balaban J connectivity index is 1.40. The molecule has 0 saturated carbocycles. The van der Waals surface area contributed by atoms with Crippen molar-refractivity contribution >= 4 is 66.2 Å². The van der Waals surface area contributed by atoms with Crippen molar-refractivity contribution in [1.29, 1.82) is 5.26 Å². The number of benzene rings is 3. The highest BCUT2D eigenvalue weighted by Gasteiger charge is 2.20. The molecular weight excluding hydrogens is 579 g/mol. The van der Waals surface area contributed by atoms with Crippen molar-refractivity contribution in [2.24, 2.45) is 0 Å². The second-order valence-electron chi connectivity index (χ2n) is 13.0. The predicted octanol–water partition coefficient (Wildman–Crippen LogP) is 12.2. The van der Waals surface area contributed by atoms with Crippen LogP contribution in [0.25, 0.3) is 41.9 Å². The summed E-state index contributed by atoms with van der Waals surface area (Å²) in [7, 11) is 0. The lowest BCUT2D eigenvalue weighted by molar-refractivity contribution is 0.590. The quantitative estimate of drug-likeness (QED) is 0.144. The summed E-state index contributed by atoms with van der Waals surface area (Å²) in [6.07, 6.45) is 1.61. The molecule has 0 bridgehead atoms. The van der Waals surface area contributed by atoms with Gasteiger partial charge in [-0.05, 0) is 82.6 Å². The van der Waals surface area contributed by atoms with Crippen molar-refractivity contribution < 1.29 is 4.42 Å². The van der Waals surface area contributed by atoms with Crippen LogP contribution in [0.15, 0.2) is 95.0 Å². The molecule has 218 valence electrons. The number of allylic oxidation sites excluding steroid dienone is 1. The zero-order chi connectivity index (χ0) is 31.2. The van der Waals surface area contributed by atoms with Gasteiger partial charge in [0.05, 0.1) is 22.2 Å². The van der Waals surface area contributed by atoms with Gasteiger partial charge in [0.1, 0.15) is 5.76 Å². The van der Waals surface area contributed by atoms with E-state index in [9.17, 15) is 0 Å². The van der Waals surface area contributed by atoms with Gasteiger partial charge in [-0.3, -0.25) is 0 Å². The van der Waals surface area contributed by atoms with Gasteiger partial charge in [0.2, 0.25) is 0 Å². The molecule has 0 fully saturated rings. The highest BCUT2D eigenvalue weighted by molar-refractivity contribution is 7.25. The normalized spacial score (nSPS) is 12.4. The fraction of sp³-hybridized carbons (Fsp3) is 0.211. The molecule has 0 radical (unpaired) electrons. The van der Waals surface area contributed by atoms with Crippen molar-refractivity contribution in [3.8, 4) is 16.7 Å². The Labute approximate surface area is 266 Å². The Morgan fingerprint density at radius 2 is 1.36 bits per heavy atom. The van der Waals surface area contributed by atoms with Crippen LogP contribution < -0.4 is 4.90 Å². The third-order valence-electron chi connectivity index (χ3n) is 7.75. The summed E-state index contributed by atoms with van der Waals surface area (Å²) < 4.78 is 8.65. The number of fused-ring (bicyclic) bond motifs is 3. The summed E-state index contributed by atoms with van der Waals surface area (Å²) in [6, 6.07) is 32.3. The van der Waals surface area contributed by atoms with Crippen LogP contribution in [0.2, 0.25) is 0 Å². The molecule has 6 rings (SSSR count). The van der Waals surface area contributed by atoms with Crippen molar-refractivity contribution in [2.75, 3.05) is 4.90 Å². The molecule has 44 heavy (non-hydrogen) atoms. The van der Waals surface area contributed by atoms with Crippen molar-refractivity contribution in [2.45, 2.75) is 52.4 Å². The van der Waals surface area contributed by atoms with E-state index < -0.39 is 0 Å². The maximum atomic E-state index is 9.09. The first kappa shape index (κ1) is 29.5. The Bertz CT molecular complexity index is 2020. The van der Waals surface area contributed by atoms with Gasteiger partial charge >= 0.3 is 0 Å². The molecule has 0 aliphatic heterocycles. The molecular formula is C38H33N3OS2. The second-order valence-corrected chi connectivity index (χ2v) is 15.2. The molecule has 0 aliphatic carbocycles. The molecule has 0 saturated heterocycles. The molecule has 0 N–H and O–H groups in total. The summed E-state index contributed by atoms with van der Waals surface area (Å²) in [5, 5.41) is 10.2. The van der Waals surface area contributed by atoms with Crippen LogP contribution in [-0.2, 0) is 10.8 Å². The standard InChI is InChI=1S/C38H33N3OS2/c1-37(2,3)24-8-12-27(13-9-24)41(28-14-10-25(11-15-28)38(4,5)6)29-16-18-31-34(21-29)44-35-22-32(42-36(31)35)33-19-17-30(43-33)20-26(23-39)40-7/h8-22H,1-6H3/b26-20-. The van der Waals surface area contributed by atoms with Gasteiger partial charge in [0, 0.05) is 38.1 Å². The molecule has 0 amide bonds. The van der Waals surface area contributed by atoms with E-state index in [0.29, 0.717) is 0 Å². The predicted molar refractivity (Wildman–Crippen MR) is 187 cm³/mol. The third-order valence-corrected chi connectivity index (χ3v) is 9.88. The highest BCUT2D eigenvalue weighted by Crippen LogP contribution is 2.44. The van der Waals surface area contributed by atoms with Crippen molar-refractivity contribution in [3.05, 3.63) is 118 Å². The lowest BCUT2D eigenvalue weighted by Crippen LogP contribution is -2.14. The molecule has 3 aromatic heterocycles. The van der Waals surface area contributed by atoms with Crippen molar-refractivity contribution in [3.63, 3.8) is 0 Å². The Kier molecular flexibility index (Phi) is 7.46. The number of nitrogens with zero attached hydrogens (tertiary/aromatic N) is 3. The summed E-state index contributed by atoms with van der Waals surface area (Å²) in [4.78, 5) is 7.41. The number of hydrogen-bond donors (Lipinski definition) is 0. The van der Waals surface area contributed by atoms with Gasteiger partial charge in [-0.15, -0.1) is 22.7 Å². The number of nitriles is 1. The maximum Gasteiger partial charge on any atom is 0.263 e. The fourth-order valence-electron chi connectivity index (χ4n) is 5.26.